The molecule has 0 aromatic rings. The molecule has 1 rings (SSSR count). The van der Waals surface area contributed by atoms with Crippen LogP contribution in [-0.4, -0.2) is 18.5 Å². The van der Waals surface area contributed by atoms with Crippen LogP contribution in [0.3, 0.4) is 0 Å². The second-order valence-electron chi connectivity index (χ2n) is 4.36. The van der Waals surface area contributed by atoms with E-state index < -0.39 is 6.04 Å². The Kier molecular flexibility index (Phi) is 5.40. The van der Waals surface area contributed by atoms with Crippen molar-refractivity contribution in [1.29, 1.82) is 0 Å². The average Bonchev–Trinajstić information content (AvgIpc) is 2.71. The maximum absolute atomic E-state index is 11.4. The molecule has 1 fully saturated rings. The van der Waals surface area contributed by atoms with Gasteiger partial charge in [-0.1, -0.05) is 31.8 Å². The molecule has 1 saturated carbocycles. The van der Waals surface area contributed by atoms with Crippen LogP contribution in [0.4, 0.5) is 0 Å². The molecule has 0 bridgehead atoms. The second kappa shape index (κ2) is 6.62. The maximum atomic E-state index is 11.4. The van der Waals surface area contributed by atoms with Crippen molar-refractivity contribution in [3.63, 3.8) is 0 Å². The normalized spacial score (nSPS) is 18.7. The lowest BCUT2D eigenvalue weighted by Gasteiger charge is -2.12. The summed E-state index contributed by atoms with van der Waals surface area (Å²) in [7, 11) is 0. The molecule has 1 atom stereocenters. The number of nitrogens with two attached hydrogens (primary N) is 1. The fourth-order valence-corrected chi connectivity index (χ4v) is 2.12. The molecule has 15 heavy (non-hydrogen) atoms. The van der Waals surface area contributed by atoms with Crippen molar-refractivity contribution in [3.05, 3.63) is 12.7 Å². The van der Waals surface area contributed by atoms with E-state index in [0.29, 0.717) is 6.42 Å². The quantitative estimate of drug-likeness (QED) is 0.654. The van der Waals surface area contributed by atoms with Crippen molar-refractivity contribution in [2.24, 2.45) is 11.7 Å². The maximum Gasteiger partial charge on any atom is 0.237 e. The van der Waals surface area contributed by atoms with Gasteiger partial charge in [0.05, 0.1) is 6.04 Å². The van der Waals surface area contributed by atoms with Gasteiger partial charge in [-0.3, -0.25) is 4.79 Å². The molecule has 1 unspecified atom stereocenters. The molecule has 0 spiro atoms. The summed E-state index contributed by atoms with van der Waals surface area (Å²) in [4.78, 5) is 11.4. The monoisotopic (exact) mass is 210 g/mol. The highest BCUT2D eigenvalue weighted by molar-refractivity contribution is 5.81. The molecule has 0 aromatic heterocycles. The van der Waals surface area contributed by atoms with Crippen LogP contribution in [0.25, 0.3) is 0 Å². The zero-order valence-electron chi connectivity index (χ0n) is 9.37. The van der Waals surface area contributed by atoms with E-state index in [1.165, 1.54) is 25.7 Å². The predicted octanol–water partition coefficient (Wildman–Crippen LogP) is 1.59. The SMILES string of the molecule is C=CCC(N)C(=O)NCCC1CCCC1. The van der Waals surface area contributed by atoms with E-state index in [2.05, 4.69) is 11.9 Å². The van der Waals surface area contributed by atoms with Gasteiger partial charge in [0.1, 0.15) is 0 Å². The Labute approximate surface area is 92.1 Å². The van der Waals surface area contributed by atoms with Crippen LogP contribution in [0.15, 0.2) is 12.7 Å². The van der Waals surface area contributed by atoms with Crippen molar-refractivity contribution in [2.45, 2.75) is 44.6 Å². The van der Waals surface area contributed by atoms with E-state index in [1.54, 1.807) is 6.08 Å². The van der Waals surface area contributed by atoms with E-state index in [1.807, 2.05) is 0 Å². The Bertz CT molecular complexity index is 210. The van der Waals surface area contributed by atoms with Gasteiger partial charge >= 0.3 is 0 Å². The minimum absolute atomic E-state index is 0.0482. The molecule has 0 aromatic carbocycles. The van der Waals surface area contributed by atoms with Crippen LogP contribution in [0.2, 0.25) is 0 Å². The molecule has 3 heteroatoms. The number of nitrogens with one attached hydrogen (secondary N) is 1. The van der Waals surface area contributed by atoms with Gasteiger partial charge in [-0.05, 0) is 18.8 Å². The van der Waals surface area contributed by atoms with Crippen molar-refractivity contribution >= 4 is 5.91 Å². The largest absolute Gasteiger partial charge is 0.355 e. The van der Waals surface area contributed by atoms with Crippen LogP contribution >= 0.6 is 0 Å². The smallest absolute Gasteiger partial charge is 0.237 e. The summed E-state index contributed by atoms with van der Waals surface area (Å²) < 4.78 is 0. The van der Waals surface area contributed by atoms with Gasteiger partial charge in [-0.25, -0.2) is 0 Å². The first-order chi connectivity index (χ1) is 7.24. The van der Waals surface area contributed by atoms with Crippen molar-refractivity contribution < 1.29 is 4.79 Å². The van der Waals surface area contributed by atoms with Gasteiger partial charge in [-0.2, -0.15) is 0 Å². The molecule has 86 valence electrons. The number of rotatable bonds is 6. The first-order valence-corrected chi connectivity index (χ1v) is 5.88. The highest BCUT2D eigenvalue weighted by Gasteiger charge is 2.16. The molecule has 0 aliphatic heterocycles. The van der Waals surface area contributed by atoms with Crippen molar-refractivity contribution in [1.82, 2.24) is 5.32 Å². The van der Waals surface area contributed by atoms with Crippen LogP contribution in [0.5, 0.6) is 0 Å². The highest BCUT2D eigenvalue weighted by Crippen LogP contribution is 2.26. The third-order valence-corrected chi connectivity index (χ3v) is 3.08. The minimum atomic E-state index is -0.425. The second-order valence-corrected chi connectivity index (χ2v) is 4.36. The van der Waals surface area contributed by atoms with E-state index in [0.717, 1.165) is 18.9 Å². The first-order valence-electron chi connectivity index (χ1n) is 5.88. The number of hydrogen-bond acceptors (Lipinski definition) is 2. The fraction of sp³-hybridized carbons (Fsp3) is 0.750. The summed E-state index contributed by atoms with van der Waals surface area (Å²) >= 11 is 0. The number of carbonyl (C=O) groups is 1. The Hall–Kier alpha value is -0.830. The first kappa shape index (κ1) is 12.2. The predicted molar refractivity (Wildman–Crippen MR) is 62.4 cm³/mol. The standard InChI is InChI=1S/C12H22N2O/c1-2-5-11(13)12(15)14-9-8-10-6-3-4-7-10/h2,10-11H,1,3-9,13H2,(H,14,15). The number of amides is 1. The summed E-state index contributed by atoms with van der Waals surface area (Å²) in [6, 6.07) is -0.425. The summed E-state index contributed by atoms with van der Waals surface area (Å²) in [5.41, 5.74) is 5.64. The van der Waals surface area contributed by atoms with Gasteiger partial charge in [0.25, 0.3) is 0 Å². The lowest BCUT2D eigenvalue weighted by Crippen LogP contribution is -2.40. The lowest BCUT2D eigenvalue weighted by atomic mass is 10.0. The molecule has 1 aliphatic rings. The zero-order valence-corrected chi connectivity index (χ0v) is 9.37. The molecule has 1 aliphatic carbocycles. The summed E-state index contributed by atoms with van der Waals surface area (Å²) in [5, 5.41) is 2.88. The fourth-order valence-electron chi connectivity index (χ4n) is 2.12. The molecule has 0 radical (unpaired) electrons. The van der Waals surface area contributed by atoms with Crippen LogP contribution in [-0.2, 0) is 4.79 Å². The third kappa shape index (κ3) is 4.47. The summed E-state index contributed by atoms with van der Waals surface area (Å²) in [6.07, 6.45) is 8.70. The number of hydrogen-bond donors (Lipinski definition) is 2. The molecule has 3 nitrogen and oxygen atoms in total. The van der Waals surface area contributed by atoms with E-state index >= 15 is 0 Å². The Morgan fingerprint density at radius 3 is 2.80 bits per heavy atom. The van der Waals surface area contributed by atoms with E-state index in [4.69, 9.17) is 5.73 Å². The summed E-state index contributed by atoms with van der Waals surface area (Å²) in [6.45, 7) is 4.34. The molecule has 0 saturated heterocycles. The van der Waals surface area contributed by atoms with Crippen LogP contribution < -0.4 is 11.1 Å². The topological polar surface area (TPSA) is 55.1 Å². The zero-order chi connectivity index (χ0) is 11.1. The molecule has 0 heterocycles. The third-order valence-electron chi connectivity index (χ3n) is 3.08. The summed E-state index contributed by atoms with van der Waals surface area (Å²) in [5.74, 6) is 0.772. The van der Waals surface area contributed by atoms with Gasteiger partial charge in [0, 0.05) is 6.54 Å². The lowest BCUT2D eigenvalue weighted by molar-refractivity contribution is -0.122. The average molecular weight is 210 g/mol. The van der Waals surface area contributed by atoms with Gasteiger partial charge in [-0.15, -0.1) is 6.58 Å². The number of carbonyl (C=O) groups excluding carboxylic acids is 1. The molecular formula is C12H22N2O. The highest BCUT2D eigenvalue weighted by atomic mass is 16.2. The van der Waals surface area contributed by atoms with E-state index in [9.17, 15) is 4.79 Å². The minimum Gasteiger partial charge on any atom is -0.355 e. The van der Waals surface area contributed by atoms with Crippen molar-refractivity contribution in [3.8, 4) is 0 Å². The Balaban J connectivity index is 2.07. The van der Waals surface area contributed by atoms with Gasteiger partial charge in [0.2, 0.25) is 5.91 Å². The molecule has 3 N–H and O–H groups in total. The van der Waals surface area contributed by atoms with Crippen molar-refractivity contribution in [2.75, 3.05) is 6.54 Å². The molecule has 1 amide bonds. The van der Waals surface area contributed by atoms with Crippen LogP contribution in [0, 0.1) is 5.92 Å². The van der Waals surface area contributed by atoms with Gasteiger partial charge < -0.3 is 11.1 Å². The Morgan fingerprint density at radius 1 is 1.53 bits per heavy atom. The molecular weight excluding hydrogens is 188 g/mol. The Morgan fingerprint density at radius 2 is 2.20 bits per heavy atom. The van der Waals surface area contributed by atoms with E-state index in [-0.39, 0.29) is 5.91 Å². The van der Waals surface area contributed by atoms with Gasteiger partial charge in [0.15, 0.2) is 0 Å². The van der Waals surface area contributed by atoms with Crippen LogP contribution in [0.1, 0.15) is 38.5 Å².